The quantitative estimate of drug-likeness (QED) is 0.800. The van der Waals surface area contributed by atoms with Gasteiger partial charge in [-0.2, -0.15) is 0 Å². The zero-order valence-electron chi connectivity index (χ0n) is 12.1. The minimum atomic E-state index is 0. The Kier molecular flexibility index (Phi) is 7.35. The van der Waals surface area contributed by atoms with Crippen LogP contribution < -0.4 is 0 Å². The third-order valence-corrected chi connectivity index (χ3v) is 3.44. The molecule has 2 heterocycles. The molecule has 0 atom stereocenters. The SMILES string of the molecule is [CH]1[CH][CH][CH][CH]1.[CH]1[CH][CH][C](C(c2ccc[nH]2)c2ccc[nH]2)[CH]1.[Fe+2]. The van der Waals surface area contributed by atoms with E-state index in [9.17, 15) is 0 Å². The van der Waals surface area contributed by atoms with Gasteiger partial charge < -0.3 is 9.97 Å². The summed E-state index contributed by atoms with van der Waals surface area (Å²) in [4.78, 5) is 6.59. The van der Waals surface area contributed by atoms with Crippen LogP contribution in [0.5, 0.6) is 0 Å². The molecule has 0 amide bonds. The molecule has 2 nitrogen and oxygen atoms in total. The molecule has 0 aliphatic heterocycles. The van der Waals surface area contributed by atoms with Crippen molar-refractivity contribution < 1.29 is 17.1 Å². The van der Waals surface area contributed by atoms with Crippen LogP contribution in [0.1, 0.15) is 17.3 Å². The molecule has 2 saturated carbocycles. The van der Waals surface area contributed by atoms with E-state index < -0.39 is 0 Å². The van der Waals surface area contributed by atoms with Gasteiger partial charge in [-0.1, -0.05) is 0 Å². The second-order valence-corrected chi connectivity index (χ2v) is 4.86. The Morgan fingerprint density at radius 1 is 0.636 bits per heavy atom. The summed E-state index contributed by atoms with van der Waals surface area (Å²) in [6, 6.07) is 8.32. The standard InChI is InChI=1S/C14H13N2.C5H5.Fe/c1-2-6-11(5-1)14(12-7-3-9-15-12)13-8-4-10-16-13;1-2-4-5-3-1;/h1-10,14-16H;1-5H;/q;;+2. The summed E-state index contributed by atoms with van der Waals surface area (Å²) in [6.45, 7) is 0. The fourth-order valence-electron chi connectivity index (χ4n) is 2.48. The molecular formula is C19H18FeN2+2. The van der Waals surface area contributed by atoms with Crippen molar-refractivity contribution in [2.45, 2.75) is 5.92 Å². The van der Waals surface area contributed by atoms with E-state index in [2.05, 4.69) is 47.8 Å². The number of aromatic amines is 2. The smallest absolute Gasteiger partial charge is 0.364 e. The summed E-state index contributed by atoms with van der Waals surface area (Å²) in [5, 5.41) is 0. The molecule has 10 radical (unpaired) electrons. The summed E-state index contributed by atoms with van der Waals surface area (Å²) >= 11 is 0. The van der Waals surface area contributed by atoms with Crippen molar-refractivity contribution in [3.8, 4) is 0 Å². The van der Waals surface area contributed by atoms with Gasteiger partial charge in [0, 0.05) is 29.7 Å². The second-order valence-electron chi connectivity index (χ2n) is 4.86. The van der Waals surface area contributed by atoms with E-state index in [0.29, 0.717) is 0 Å². The molecule has 2 aromatic heterocycles. The Morgan fingerprint density at radius 2 is 1.09 bits per heavy atom. The fourth-order valence-corrected chi connectivity index (χ4v) is 2.48. The van der Waals surface area contributed by atoms with Gasteiger partial charge in [-0.05, 0) is 88.0 Å². The van der Waals surface area contributed by atoms with E-state index in [1.807, 2.05) is 56.6 Å². The minimum absolute atomic E-state index is 0. The predicted molar refractivity (Wildman–Crippen MR) is 85.4 cm³/mol. The Morgan fingerprint density at radius 3 is 1.45 bits per heavy atom. The molecule has 0 spiro atoms. The number of aromatic nitrogens is 2. The zero-order valence-corrected chi connectivity index (χ0v) is 13.2. The van der Waals surface area contributed by atoms with Gasteiger partial charge in [-0.15, -0.1) is 0 Å². The number of nitrogens with one attached hydrogen (secondary N) is 2. The molecule has 2 aliphatic carbocycles. The molecule has 22 heavy (non-hydrogen) atoms. The van der Waals surface area contributed by atoms with Gasteiger partial charge in [0.15, 0.2) is 0 Å². The van der Waals surface area contributed by atoms with Crippen LogP contribution in [0, 0.1) is 63.7 Å². The first-order valence-electron chi connectivity index (χ1n) is 7.10. The average Bonchev–Trinajstić information content (AvgIpc) is 3.32. The molecule has 0 aromatic carbocycles. The van der Waals surface area contributed by atoms with Crippen LogP contribution in [0.15, 0.2) is 36.7 Å². The van der Waals surface area contributed by atoms with Gasteiger partial charge >= 0.3 is 17.1 Å². The van der Waals surface area contributed by atoms with Crippen molar-refractivity contribution in [1.29, 1.82) is 0 Å². The van der Waals surface area contributed by atoms with Crippen molar-refractivity contribution in [2.24, 2.45) is 0 Å². The van der Waals surface area contributed by atoms with Gasteiger partial charge in [0.2, 0.25) is 0 Å². The summed E-state index contributed by atoms with van der Waals surface area (Å²) in [6.07, 6.45) is 22.4. The van der Waals surface area contributed by atoms with Crippen LogP contribution >= 0.6 is 0 Å². The molecular weight excluding hydrogens is 312 g/mol. The van der Waals surface area contributed by atoms with E-state index in [-0.39, 0.29) is 23.0 Å². The molecule has 0 bridgehead atoms. The van der Waals surface area contributed by atoms with Gasteiger partial charge in [0.1, 0.15) is 0 Å². The zero-order chi connectivity index (χ0) is 14.3. The van der Waals surface area contributed by atoms with E-state index in [4.69, 9.17) is 0 Å². The molecule has 2 aromatic rings. The van der Waals surface area contributed by atoms with Gasteiger partial charge in [0.05, 0.1) is 0 Å². The van der Waals surface area contributed by atoms with Crippen LogP contribution in [0.25, 0.3) is 0 Å². The first-order valence-corrected chi connectivity index (χ1v) is 7.10. The van der Waals surface area contributed by atoms with Crippen molar-refractivity contribution in [2.75, 3.05) is 0 Å². The molecule has 2 N–H and O–H groups in total. The van der Waals surface area contributed by atoms with Gasteiger partial charge in [-0.25, -0.2) is 0 Å². The van der Waals surface area contributed by atoms with Gasteiger partial charge in [0.25, 0.3) is 0 Å². The Bertz CT molecular complexity index is 438. The maximum atomic E-state index is 3.29. The summed E-state index contributed by atoms with van der Waals surface area (Å²) < 4.78 is 0. The third kappa shape index (κ3) is 4.54. The van der Waals surface area contributed by atoms with E-state index >= 15 is 0 Å². The monoisotopic (exact) mass is 330 g/mol. The first kappa shape index (κ1) is 17.4. The molecule has 110 valence electrons. The number of hydrogen-bond donors (Lipinski definition) is 2. The van der Waals surface area contributed by atoms with E-state index in [0.717, 1.165) is 0 Å². The van der Waals surface area contributed by atoms with Crippen LogP contribution in [0.4, 0.5) is 0 Å². The third-order valence-electron chi connectivity index (χ3n) is 3.44. The molecule has 0 saturated heterocycles. The van der Waals surface area contributed by atoms with Gasteiger partial charge in [-0.3, -0.25) is 0 Å². The van der Waals surface area contributed by atoms with Crippen LogP contribution in [-0.2, 0) is 17.1 Å². The van der Waals surface area contributed by atoms with Crippen molar-refractivity contribution >= 4 is 0 Å². The fraction of sp³-hybridized carbons (Fsp3) is 0.0526. The van der Waals surface area contributed by atoms with Crippen LogP contribution in [-0.4, -0.2) is 9.97 Å². The van der Waals surface area contributed by atoms with E-state index in [1.165, 1.54) is 17.3 Å². The van der Waals surface area contributed by atoms with Crippen LogP contribution in [0.3, 0.4) is 0 Å². The second kappa shape index (κ2) is 9.27. The first-order chi connectivity index (χ1) is 10.4. The number of rotatable bonds is 3. The summed E-state index contributed by atoms with van der Waals surface area (Å²) in [5.41, 5.74) is 2.43. The van der Waals surface area contributed by atoms with Crippen molar-refractivity contribution in [3.05, 3.63) is 112 Å². The maximum absolute atomic E-state index is 3.29. The number of hydrogen-bond acceptors (Lipinski definition) is 0. The van der Waals surface area contributed by atoms with E-state index in [1.54, 1.807) is 0 Å². The largest absolute Gasteiger partial charge is 2.00 e. The van der Waals surface area contributed by atoms with Crippen LogP contribution in [0.2, 0.25) is 0 Å². The van der Waals surface area contributed by atoms with Crippen molar-refractivity contribution in [3.63, 3.8) is 0 Å². The minimum Gasteiger partial charge on any atom is -0.364 e. The molecule has 2 aliphatic rings. The molecule has 0 unspecified atom stereocenters. The number of H-pyrrole nitrogens is 2. The Labute approximate surface area is 145 Å². The maximum Gasteiger partial charge on any atom is 2.00 e. The summed E-state index contributed by atoms with van der Waals surface area (Å²) in [5.74, 6) is 1.59. The topological polar surface area (TPSA) is 31.6 Å². The predicted octanol–water partition coefficient (Wildman–Crippen LogP) is 3.90. The normalized spacial score (nSPS) is 18.0. The Hall–Kier alpha value is -0.921. The molecule has 3 heteroatoms. The summed E-state index contributed by atoms with van der Waals surface area (Å²) in [7, 11) is 0. The van der Waals surface area contributed by atoms with Crippen molar-refractivity contribution in [1.82, 2.24) is 9.97 Å². The average molecular weight is 330 g/mol. The Balaban J connectivity index is 0.000000253. The molecule has 2 fully saturated rings. The molecule has 4 rings (SSSR count).